The zero-order chi connectivity index (χ0) is 16.3. The summed E-state index contributed by atoms with van der Waals surface area (Å²) in [5, 5.41) is 0. The molecule has 4 heteroatoms. The van der Waals surface area contributed by atoms with E-state index in [1.54, 1.807) is 19.3 Å². The van der Waals surface area contributed by atoms with Gasteiger partial charge in [0.05, 0.1) is 12.2 Å². The van der Waals surface area contributed by atoms with E-state index in [-0.39, 0.29) is 11.4 Å². The van der Waals surface area contributed by atoms with Crippen molar-refractivity contribution in [3.8, 4) is 0 Å². The zero-order valence-electron chi connectivity index (χ0n) is 13.7. The predicted octanol–water partition coefficient (Wildman–Crippen LogP) is 3.63. The highest BCUT2D eigenvalue weighted by Gasteiger charge is 2.39. The van der Waals surface area contributed by atoms with Crippen molar-refractivity contribution < 1.29 is 9.53 Å². The Bertz CT molecular complexity index is 674. The molecule has 3 rings (SSSR count). The van der Waals surface area contributed by atoms with Gasteiger partial charge in [0.25, 0.3) is 0 Å². The molecule has 1 fully saturated rings. The lowest BCUT2D eigenvalue weighted by Gasteiger charge is -2.42. The molecule has 1 aliphatic carbocycles. The van der Waals surface area contributed by atoms with Crippen LogP contribution in [0, 0.1) is 6.92 Å². The Labute approximate surface area is 136 Å². The van der Waals surface area contributed by atoms with Crippen LogP contribution < -0.4 is 0 Å². The molecular formula is C19H22N2O2. The Hall–Kier alpha value is -2.23. The number of hydrogen-bond acceptors (Lipinski definition) is 4. The van der Waals surface area contributed by atoms with Crippen LogP contribution in [0.2, 0.25) is 0 Å². The number of aromatic nitrogens is 2. The molecule has 1 aromatic heterocycles. The topological polar surface area (TPSA) is 52.1 Å². The van der Waals surface area contributed by atoms with Gasteiger partial charge >= 0.3 is 5.97 Å². The molecule has 0 spiro atoms. The molecule has 0 atom stereocenters. The monoisotopic (exact) mass is 310 g/mol. The number of hydrogen-bond donors (Lipinski definition) is 0. The number of aryl methyl sites for hydroxylation is 1. The van der Waals surface area contributed by atoms with Gasteiger partial charge in [0.15, 0.2) is 0 Å². The number of ether oxygens (including phenoxy) is 1. The molecule has 0 amide bonds. The normalized spacial score (nSPS) is 15.7. The van der Waals surface area contributed by atoms with Crippen LogP contribution in [0.3, 0.4) is 0 Å². The van der Waals surface area contributed by atoms with Crippen LogP contribution in [0.15, 0.2) is 36.7 Å². The Morgan fingerprint density at radius 3 is 2.35 bits per heavy atom. The van der Waals surface area contributed by atoms with Gasteiger partial charge in [-0.2, -0.15) is 0 Å². The van der Waals surface area contributed by atoms with E-state index in [0.29, 0.717) is 12.2 Å². The van der Waals surface area contributed by atoms with E-state index in [1.165, 1.54) is 30.4 Å². The lowest BCUT2D eigenvalue weighted by atomic mass is 9.62. The number of nitrogens with zero attached hydrogens (tertiary/aromatic N) is 2. The molecule has 0 aliphatic heterocycles. The lowest BCUT2D eigenvalue weighted by Crippen LogP contribution is -2.37. The first-order valence-electron chi connectivity index (χ1n) is 8.18. The van der Waals surface area contributed by atoms with Crippen LogP contribution in [0.25, 0.3) is 0 Å². The maximum Gasteiger partial charge on any atom is 0.341 e. The fourth-order valence-electron chi connectivity index (χ4n) is 3.15. The number of carbonyl (C=O) groups excluding carboxylic acids is 1. The van der Waals surface area contributed by atoms with Crippen molar-refractivity contribution in [2.24, 2.45) is 0 Å². The lowest BCUT2D eigenvalue weighted by molar-refractivity contribution is 0.0525. The Kier molecular flexibility index (Phi) is 4.42. The van der Waals surface area contributed by atoms with Crippen LogP contribution >= 0.6 is 0 Å². The van der Waals surface area contributed by atoms with Gasteiger partial charge in [-0.15, -0.1) is 0 Å². The molecule has 0 radical (unpaired) electrons. The van der Waals surface area contributed by atoms with Crippen molar-refractivity contribution in [1.82, 2.24) is 9.97 Å². The van der Waals surface area contributed by atoms with Crippen molar-refractivity contribution in [3.63, 3.8) is 0 Å². The van der Waals surface area contributed by atoms with E-state index < -0.39 is 0 Å². The molecule has 23 heavy (non-hydrogen) atoms. The molecule has 0 N–H and O–H groups in total. The van der Waals surface area contributed by atoms with E-state index in [4.69, 9.17) is 4.74 Å². The van der Waals surface area contributed by atoms with Crippen molar-refractivity contribution in [3.05, 3.63) is 59.2 Å². The first-order chi connectivity index (χ1) is 11.1. The van der Waals surface area contributed by atoms with Crippen molar-refractivity contribution in [2.45, 2.75) is 44.9 Å². The van der Waals surface area contributed by atoms with E-state index in [2.05, 4.69) is 41.2 Å². The van der Waals surface area contributed by atoms with Crippen LogP contribution in [-0.2, 0) is 16.6 Å². The van der Waals surface area contributed by atoms with Gasteiger partial charge in [0.2, 0.25) is 0 Å². The predicted molar refractivity (Wildman–Crippen MR) is 88.4 cm³/mol. The molecule has 1 aliphatic rings. The molecule has 0 bridgehead atoms. The summed E-state index contributed by atoms with van der Waals surface area (Å²) in [5.41, 5.74) is 3.21. The van der Waals surface area contributed by atoms with Gasteiger partial charge in [-0.05, 0) is 32.3 Å². The quantitative estimate of drug-likeness (QED) is 0.791. The van der Waals surface area contributed by atoms with E-state index in [0.717, 1.165) is 12.2 Å². The third-order valence-corrected chi connectivity index (χ3v) is 4.69. The number of esters is 1. The number of rotatable bonds is 5. The van der Waals surface area contributed by atoms with Gasteiger partial charge < -0.3 is 4.74 Å². The van der Waals surface area contributed by atoms with Gasteiger partial charge in [0.1, 0.15) is 5.82 Å². The maximum atomic E-state index is 11.7. The molecule has 2 aromatic rings. The molecular weight excluding hydrogens is 288 g/mol. The first kappa shape index (κ1) is 15.7. The minimum absolute atomic E-state index is 0.152. The Balaban J connectivity index is 1.77. The summed E-state index contributed by atoms with van der Waals surface area (Å²) in [5.74, 6) is 0.425. The molecule has 120 valence electrons. The standard InChI is InChI=1S/C19H22N2O2/c1-3-23-18(22)15-12-20-17(21-13-15)11-19(9-4-10-19)16-7-5-14(2)6-8-16/h5-8,12-13H,3-4,9-11H2,1-2H3. The molecule has 1 aromatic carbocycles. The average Bonchev–Trinajstić information content (AvgIpc) is 2.53. The molecule has 0 unspecified atom stereocenters. The van der Waals surface area contributed by atoms with Gasteiger partial charge in [-0.25, -0.2) is 14.8 Å². The summed E-state index contributed by atoms with van der Waals surface area (Å²) in [6.45, 7) is 4.25. The zero-order valence-corrected chi connectivity index (χ0v) is 13.7. The van der Waals surface area contributed by atoms with Crippen molar-refractivity contribution >= 4 is 5.97 Å². The van der Waals surface area contributed by atoms with Crippen molar-refractivity contribution in [2.75, 3.05) is 6.61 Å². The highest BCUT2D eigenvalue weighted by atomic mass is 16.5. The third kappa shape index (κ3) is 3.26. The fourth-order valence-corrected chi connectivity index (χ4v) is 3.15. The summed E-state index contributed by atoms with van der Waals surface area (Å²) in [6, 6.07) is 8.78. The Morgan fingerprint density at radius 2 is 1.83 bits per heavy atom. The summed E-state index contributed by atoms with van der Waals surface area (Å²) in [7, 11) is 0. The highest BCUT2D eigenvalue weighted by Crippen LogP contribution is 2.45. The average molecular weight is 310 g/mol. The van der Waals surface area contributed by atoms with Crippen molar-refractivity contribution in [1.29, 1.82) is 0 Å². The third-order valence-electron chi connectivity index (χ3n) is 4.69. The van der Waals surface area contributed by atoms with E-state index >= 15 is 0 Å². The summed E-state index contributed by atoms with van der Waals surface area (Å²) < 4.78 is 4.96. The summed E-state index contributed by atoms with van der Waals surface area (Å²) in [4.78, 5) is 20.4. The smallest absolute Gasteiger partial charge is 0.341 e. The largest absolute Gasteiger partial charge is 0.462 e. The SMILES string of the molecule is CCOC(=O)c1cnc(CC2(c3ccc(C)cc3)CCC2)nc1. The Morgan fingerprint density at radius 1 is 1.17 bits per heavy atom. The number of benzene rings is 1. The van der Waals surface area contributed by atoms with Crippen LogP contribution in [0.1, 0.15) is 53.5 Å². The summed E-state index contributed by atoms with van der Waals surface area (Å²) >= 11 is 0. The van der Waals surface area contributed by atoms with Gasteiger partial charge in [-0.1, -0.05) is 36.2 Å². The minimum Gasteiger partial charge on any atom is -0.462 e. The minimum atomic E-state index is -0.365. The molecule has 1 heterocycles. The van der Waals surface area contributed by atoms with E-state index in [9.17, 15) is 4.79 Å². The molecule has 0 saturated heterocycles. The fraction of sp³-hybridized carbons (Fsp3) is 0.421. The summed E-state index contributed by atoms with van der Waals surface area (Å²) in [6.07, 6.45) is 7.54. The van der Waals surface area contributed by atoms with Crippen LogP contribution in [-0.4, -0.2) is 22.5 Å². The van der Waals surface area contributed by atoms with Gasteiger partial charge in [0, 0.05) is 24.2 Å². The second-order valence-corrected chi connectivity index (χ2v) is 6.29. The number of carbonyl (C=O) groups is 1. The maximum absolute atomic E-state index is 11.7. The molecule has 1 saturated carbocycles. The van der Waals surface area contributed by atoms with Gasteiger partial charge in [-0.3, -0.25) is 0 Å². The first-order valence-corrected chi connectivity index (χ1v) is 8.18. The second kappa shape index (κ2) is 6.49. The van der Waals surface area contributed by atoms with Crippen LogP contribution in [0.4, 0.5) is 0 Å². The second-order valence-electron chi connectivity index (χ2n) is 6.29. The molecule has 4 nitrogen and oxygen atoms in total. The van der Waals surface area contributed by atoms with E-state index in [1.807, 2.05) is 0 Å². The highest BCUT2D eigenvalue weighted by molar-refractivity contribution is 5.88. The van der Waals surface area contributed by atoms with Crippen LogP contribution in [0.5, 0.6) is 0 Å².